The molecule has 0 bridgehead atoms. The molecule has 2 aromatic carbocycles. The fourth-order valence-electron chi connectivity index (χ4n) is 2.55. The Morgan fingerprint density at radius 1 is 0.955 bits per heavy atom. The third-order valence-corrected chi connectivity index (χ3v) is 3.65. The van der Waals surface area contributed by atoms with Gasteiger partial charge in [-0.05, 0) is 24.3 Å². The van der Waals surface area contributed by atoms with E-state index in [9.17, 15) is 5.11 Å². The van der Waals surface area contributed by atoms with Crippen LogP contribution in [0.5, 0.6) is 0 Å². The lowest BCUT2D eigenvalue weighted by Gasteiger charge is -2.28. The number of anilines is 2. The fourth-order valence-corrected chi connectivity index (χ4v) is 2.55. The van der Waals surface area contributed by atoms with Crippen molar-refractivity contribution in [2.45, 2.75) is 6.10 Å². The molecule has 118 valence electrons. The smallest absolute Gasteiger partial charge is 0.121 e. The van der Waals surface area contributed by atoms with E-state index in [1.807, 2.05) is 67.7 Å². The lowest BCUT2D eigenvalue weighted by molar-refractivity contribution is -0.883. The summed E-state index contributed by atoms with van der Waals surface area (Å²) in [5, 5.41) is 19.4. The second-order valence-electron chi connectivity index (χ2n) is 5.57. The largest absolute Gasteiger partial charge is 0.391 e. The Kier molecular flexibility index (Phi) is 6.40. The van der Waals surface area contributed by atoms with Crippen LogP contribution in [0.2, 0.25) is 0 Å². The zero-order valence-corrected chi connectivity index (χ0v) is 13.0. The van der Waals surface area contributed by atoms with Crippen LogP contribution in [-0.4, -0.2) is 49.6 Å². The van der Waals surface area contributed by atoms with Gasteiger partial charge in [-0.1, -0.05) is 36.4 Å². The van der Waals surface area contributed by atoms with Crippen LogP contribution in [-0.2, 0) is 0 Å². The SMILES string of the molecule is C[NH+](CCO)CC(O)CN(c1ccccc1)c1ccccc1. The molecule has 4 nitrogen and oxygen atoms in total. The molecule has 3 N–H and O–H groups in total. The Balaban J connectivity index is 2.12. The van der Waals surface area contributed by atoms with Crippen molar-refractivity contribution in [1.82, 2.24) is 0 Å². The molecule has 0 heterocycles. The molecule has 22 heavy (non-hydrogen) atoms. The lowest BCUT2D eigenvalue weighted by atomic mass is 10.2. The highest BCUT2D eigenvalue weighted by Gasteiger charge is 2.17. The van der Waals surface area contributed by atoms with Crippen LogP contribution < -0.4 is 9.80 Å². The van der Waals surface area contributed by atoms with Gasteiger partial charge in [-0.25, -0.2) is 0 Å². The number of para-hydroxylation sites is 2. The number of rotatable bonds is 8. The van der Waals surface area contributed by atoms with E-state index in [1.165, 1.54) is 0 Å². The van der Waals surface area contributed by atoms with Gasteiger partial charge in [0.2, 0.25) is 0 Å². The summed E-state index contributed by atoms with van der Waals surface area (Å²) >= 11 is 0. The van der Waals surface area contributed by atoms with Gasteiger partial charge in [-0.2, -0.15) is 0 Å². The van der Waals surface area contributed by atoms with Gasteiger partial charge in [0.15, 0.2) is 0 Å². The number of nitrogens with one attached hydrogen (secondary N) is 1. The van der Waals surface area contributed by atoms with Gasteiger partial charge in [0.25, 0.3) is 0 Å². The van der Waals surface area contributed by atoms with Crippen LogP contribution in [0.25, 0.3) is 0 Å². The maximum Gasteiger partial charge on any atom is 0.121 e. The molecule has 0 amide bonds. The predicted molar refractivity (Wildman–Crippen MR) is 89.6 cm³/mol. The first kappa shape index (κ1) is 16.5. The third kappa shape index (κ3) is 4.84. The number of hydrogen-bond donors (Lipinski definition) is 3. The minimum absolute atomic E-state index is 0.139. The second-order valence-corrected chi connectivity index (χ2v) is 5.57. The van der Waals surface area contributed by atoms with E-state index < -0.39 is 6.10 Å². The Labute approximate surface area is 132 Å². The normalized spacial score (nSPS) is 13.6. The molecule has 2 aromatic rings. The summed E-state index contributed by atoms with van der Waals surface area (Å²) in [5.74, 6) is 0. The van der Waals surface area contributed by atoms with E-state index in [1.54, 1.807) is 0 Å². The molecule has 2 atom stereocenters. The van der Waals surface area contributed by atoms with Gasteiger partial charge in [0.05, 0.1) is 20.2 Å². The molecule has 0 saturated carbocycles. The van der Waals surface area contributed by atoms with Crippen molar-refractivity contribution < 1.29 is 15.1 Å². The average Bonchev–Trinajstić information content (AvgIpc) is 2.54. The zero-order valence-electron chi connectivity index (χ0n) is 13.0. The molecule has 4 heteroatoms. The van der Waals surface area contributed by atoms with Gasteiger partial charge < -0.3 is 20.0 Å². The molecular weight excluding hydrogens is 276 g/mol. The monoisotopic (exact) mass is 301 g/mol. The van der Waals surface area contributed by atoms with E-state index in [0.717, 1.165) is 16.3 Å². The van der Waals surface area contributed by atoms with Crippen molar-refractivity contribution in [3.63, 3.8) is 0 Å². The van der Waals surface area contributed by atoms with Gasteiger partial charge in [0, 0.05) is 11.4 Å². The molecule has 0 saturated heterocycles. The second kappa shape index (κ2) is 8.54. The minimum Gasteiger partial charge on any atom is -0.391 e. The molecule has 0 spiro atoms. The summed E-state index contributed by atoms with van der Waals surface area (Å²) < 4.78 is 0. The van der Waals surface area contributed by atoms with Crippen LogP contribution in [0.3, 0.4) is 0 Å². The molecule has 0 aliphatic rings. The standard InChI is InChI=1S/C18H24N2O2/c1-19(12-13-21)14-18(22)15-20(16-8-4-2-5-9-16)17-10-6-3-7-11-17/h2-11,18,21-22H,12-15H2,1H3/p+1. The maximum absolute atomic E-state index is 10.4. The predicted octanol–water partition coefficient (Wildman–Crippen LogP) is 0.693. The molecular formula is C18H25N2O2+. The van der Waals surface area contributed by atoms with Crippen LogP contribution in [0.1, 0.15) is 0 Å². The Bertz CT molecular complexity index is 494. The molecule has 2 unspecified atom stereocenters. The van der Waals surface area contributed by atoms with Crippen molar-refractivity contribution in [3.05, 3.63) is 60.7 Å². The van der Waals surface area contributed by atoms with Gasteiger partial charge in [-0.3, -0.25) is 0 Å². The lowest BCUT2D eigenvalue weighted by Crippen LogP contribution is -3.10. The number of hydrogen-bond acceptors (Lipinski definition) is 3. The first-order chi connectivity index (χ1) is 10.7. The minimum atomic E-state index is -0.466. The summed E-state index contributed by atoms with van der Waals surface area (Å²) in [5.41, 5.74) is 2.13. The number of likely N-dealkylation sites (N-methyl/N-ethyl adjacent to an activating group) is 1. The number of nitrogens with zero attached hydrogens (tertiary/aromatic N) is 1. The Hall–Kier alpha value is -1.88. The van der Waals surface area contributed by atoms with Gasteiger partial charge in [0.1, 0.15) is 19.2 Å². The van der Waals surface area contributed by atoms with Crippen LogP contribution >= 0.6 is 0 Å². The fraction of sp³-hybridized carbons (Fsp3) is 0.333. The van der Waals surface area contributed by atoms with E-state index in [2.05, 4.69) is 4.90 Å². The van der Waals surface area contributed by atoms with Crippen LogP contribution in [0.4, 0.5) is 11.4 Å². The van der Waals surface area contributed by atoms with Gasteiger partial charge >= 0.3 is 0 Å². The summed E-state index contributed by atoms with van der Waals surface area (Å²) in [6.07, 6.45) is -0.466. The van der Waals surface area contributed by atoms with Crippen LogP contribution in [0, 0.1) is 0 Å². The third-order valence-electron chi connectivity index (χ3n) is 3.65. The van der Waals surface area contributed by atoms with E-state index in [4.69, 9.17) is 5.11 Å². The highest BCUT2D eigenvalue weighted by Crippen LogP contribution is 2.24. The molecule has 2 rings (SSSR count). The summed E-state index contributed by atoms with van der Waals surface area (Å²) in [7, 11) is 1.98. The van der Waals surface area contributed by atoms with Crippen molar-refractivity contribution >= 4 is 11.4 Å². The summed E-state index contributed by atoms with van der Waals surface area (Å²) in [4.78, 5) is 3.24. The highest BCUT2D eigenvalue weighted by molar-refractivity contribution is 5.62. The highest BCUT2D eigenvalue weighted by atomic mass is 16.3. The van der Waals surface area contributed by atoms with E-state index in [-0.39, 0.29) is 6.61 Å². The topological polar surface area (TPSA) is 48.1 Å². The number of aliphatic hydroxyl groups excluding tert-OH is 2. The first-order valence-electron chi connectivity index (χ1n) is 7.68. The quantitative estimate of drug-likeness (QED) is 0.672. The Morgan fingerprint density at radius 2 is 1.45 bits per heavy atom. The van der Waals surface area contributed by atoms with Crippen molar-refractivity contribution in [3.8, 4) is 0 Å². The first-order valence-corrected chi connectivity index (χ1v) is 7.68. The number of benzene rings is 2. The van der Waals surface area contributed by atoms with E-state index >= 15 is 0 Å². The van der Waals surface area contributed by atoms with Crippen molar-refractivity contribution in [1.29, 1.82) is 0 Å². The van der Waals surface area contributed by atoms with Crippen LogP contribution in [0.15, 0.2) is 60.7 Å². The summed E-state index contributed by atoms with van der Waals surface area (Å²) in [6.45, 7) is 1.92. The Morgan fingerprint density at radius 3 is 1.91 bits per heavy atom. The zero-order chi connectivity index (χ0) is 15.8. The van der Waals surface area contributed by atoms with Crippen molar-refractivity contribution in [2.24, 2.45) is 0 Å². The average molecular weight is 301 g/mol. The maximum atomic E-state index is 10.4. The molecule has 0 aliphatic heterocycles. The van der Waals surface area contributed by atoms with Gasteiger partial charge in [-0.15, -0.1) is 0 Å². The number of aliphatic hydroxyl groups is 2. The molecule has 0 radical (unpaired) electrons. The molecule has 0 aliphatic carbocycles. The van der Waals surface area contributed by atoms with E-state index in [0.29, 0.717) is 19.6 Å². The molecule has 0 fully saturated rings. The molecule has 0 aromatic heterocycles. The summed E-state index contributed by atoms with van der Waals surface area (Å²) in [6, 6.07) is 20.2. The number of quaternary nitrogens is 1. The van der Waals surface area contributed by atoms with Crippen molar-refractivity contribution in [2.75, 3.05) is 38.2 Å².